The van der Waals surface area contributed by atoms with Gasteiger partial charge in [0, 0.05) is 11.6 Å². The van der Waals surface area contributed by atoms with Crippen LogP contribution in [-0.4, -0.2) is 12.7 Å². The third-order valence-electron chi connectivity index (χ3n) is 1.92. The number of benzene rings is 1. The van der Waals surface area contributed by atoms with E-state index < -0.39 is 0 Å². The maximum atomic E-state index is 6.01. The topological polar surface area (TPSA) is 9.23 Å². The van der Waals surface area contributed by atoms with Gasteiger partial charge in [0.2, 0.25) is 0 Å². The molecule has 1 nitrogen and oxygen atoms in total. The van der Waals surface area contributed by atoms with Crippen molar-refractivity contribution >= 4 is 11.6 Å². The van der Waals surface area contributed by atoms with Crippen LogP contribution in [0.25, 0.3) is 0 Å². The summed E-state index contributed by atoms with van der Waals surface area (Å²) in [4.78, 5) is 0. The normalized spacial score (nSPS) is 12.8. The molecule has 1 rings (SSSR count). The lowest BCUT2D eigenvalue weighted by Gasteiger charge is -2.12. The zero-order chi connectivity index (χ0) is 9.68. The van der Waals surface area contributed by atoms with Crippen LogP contribution in [0.15, 0.2) is 24.3 Å². The molecule has 1 aromatic rings. The zero-order valence-corrected chi connectivity index (χ0v) is 8.84. The van der Waals surface area contributed by atoms with Crippen LogP contribution >= 0.6 is 11.6 Å². The maximum absolute atomic E-state index is 6.01. The fraction of sp³-hybridized carbons (Fsp3) is 0.455. The second kappa shape index (κ2) is 5.25. The van der Waals surface area contributed by atoms with Crippen molar-refractivity contribution in [1.82, 2.24) is 0 Å². The molecule has 0 aliphatic carbocycles. The van der Waals surface area contributed by atoms with Gasteiger partial charge in [-0.1, -0.05) is 29.8 Å². The van der Waals surface area contributed by atoms with Gasteiger partial charge in [0.1, 0.15) is 0 Å². The highest BCUT2D eigenvalue weighted by molar-refractivity contribution is 6.31. The van der Waals surface area contributed by atoms with E-state index in [1.165, 1.54) is 0 Å². The molecule has 0 aromatic heterocycles. The minimum Gasteiger partial charge on any atom is -0.378 e. The number of ether oxygens (including phenoxy) is 1. The Labute approximate surface area is 84.7 Å². The Kier molecular flexibility index (Phi) is 4.26. The predicted octanol–water partition coefficient (Wildman–Crippen LogP) is 3.31. The molecule has 0 amide bonds. The first-order valence-corrected chi connectivity index (χ1v) is 4.96. The number of halogens is 1. The molecule has 0 aliphatic rings. The van der Waals surface area contributed by atoms with Crippen molar-refractivity contribution in [2.45, 2.75) is 26.4 Å². The van der Waals surface area contributed by atoms with E-state index in [0.29, 0.717) is 0 Å². The summed E-state index contributed by atoms with van der Waals surface area (Å²) in [7, 11) is 0. The molecule has 0 spiro atoms. The zero-order valence-electron chi connectivity index (χ0n) is 8.09. The molecule has 0 fully saturated rings. The van der Waals surface area contributed by atoms with Crippen LogP contribution in [0.5, 0.6) is 0 Å². The van der Waals surface area contributed by atoms with E-state index in [1.807, 2.05) is 31.2 Å². The van der Waals surface area contributed by atoms with Gasteiger partial charge in [0.15, 0.2) is 0 Å². The van der Waals surface area contributed by atoms with Crippen LogP contribution in [-0.2, 0) is 11.2 Å². The molecule has 72 valence electrons. The van der Waals surface area contributed by atoms with Crippen molar-refractivity contribution in [3.63, 3.8) is 0 Å². The second-order valence-corrected chi connectivity index (χ2v) is 3.47. The van der Waals surface area contributed by atoms with Crippen molar-refractivity contribution in [2.24, 2.45) is 0 Å². The highest BCUT2D eigenvalue weighted by atomic mass is 35.5. The van der Waals surface area contributed by atoms with E-state index in [2.05, 4.69) is 6.92 Å². The quantitative estimate of drug-likeness (QED) is 0.722. The summed E-state index contributed by atoms with van der Waals surface area (Å²) in [5.74, 6) is 0. The first-order valence-electron chi connectivity index (χ1n) is 4.59. The third-order valence-corrected chi connectivity index (χ3v) is 2.29. The van der Waals surface area contributed by atoms with E-state index in [-0.39, 0.29) is 6.10 Å². The highest BCUT2D eigenvalue weighted by Gasteiger charge is 2.05. The molecule has 0 radical (unpaired) electrons. The van der Waals surface area contributed by atoms with Gasteiger partial charge < -0.3 is 4.74 Å². The largest absolute Gasteiger partial charge is 0.378 e. The van der Waals surface area contributed by atoms with Crippen LogP contribution in [0.2, 0.25) is 5.02 Å². The molecule has 0 aliphatic heterocycles. The van der Waals surface area contributed by atoms with Gasteiger partial charge >= 0.3 is 0 Å². The average molecular weight is 199 g/mol. The summed E-state index contributed by atoms with van der Waals surface area (Å²) in [6.45, 7) is 4.82. The van der Waals surface area contributed by atoms with E-state index in [4.69, 9.17) is 16.3 Å². The maximum Gasteiger partial charge on any atom is 0.0587 e. The molecular formula is C11H15ClO. The average Bonchev–Trinajstić information content (AvgIpc) is 2.09. The molecule has 1 unspecified atom stereocenters. The standard InChI is InChI=1S/C11H15ClO/c1-3-13-9(2)8-10-6-4-5-7-11(10)12/h4-7,9H,3,8H2,1-2H3. The van der Waals surface area contributed by atoms with Crippen molar-refractivity contribution in [3.8, 4) is 0 Å². The summed E-state index contributed by atoms with van der Waals surface area (Å²) < 4.78 is 5.44. The number of rotatable bonds is 4. The minimum atomic E-state index is 0.241. The molecule has 0 N–H and O–H groups in total. The summed E-state index contributed by atoms with van der Waals surface area (Å²) in [5, 5.41) is 0.828. The second-order valence-electron chi connectivity index (χ2n) is 3.06. The molecule has 0 saturated carbocycles. The Morgan fingerprint density at radius 1 is 1.38 bits per heavy atom. The van der Waals surface area contributed by atoms with Gasteiger partial charge in [-0.15, -0.1) is 0 Å². The summed E-state index contributed by atoms with van der Waals surface area (Å²) in [6.07, 6.45) is 1.12. The molecule has 1 atom stereocenters. The number of hydrogen-bond donors (Lipinski definition) is 0. The van der Waals surface area contributed by atoms with Crippen LogP contribution in [0, 0.1) is 0 Å². The van der Waals surface area contributed by atoms with Gasteiger partial charge in [-0.3, -0.25) is 0 Å². The number of hydrogen-bond acceptors (Lipinski definition) is 1. The van der Waals surface area contributed by atoms with Crippen molar-refractivity contribution < 1.29 is 4.74 Å². The SMILES string of the molecule is CCOC(C)Cc1ccccc1Cl. The Bertz CT molecular complexity index is 260. The summed E-state index contributed by atoms with van der Waals surface area (Å²) in [5.41, 5.74) is 1.16. The van der Waals surface area contributed by atoms with Crippen molar-refractivity contribution in [3.05, 3.63) is 34.9 Å². The third kappa shape index (κ3) is 3.37. The van der Waals surface area contributed by atoms with Crippen LogP contribution in [0.4, 0.5) is 0 Å². The lowest BCUT2D eigenvalue weighted by molar-refractivity contribution is 0.0768. The molecule has 0 heterocycles. The molecule has 2 heteroatoms. The van der Waals surface area contributed by atoms with Crippen LogP contribution < -0.4 is 0 Å². The van der Waals surface area contributed by atoms with E-state index in [9.17, 15) is 0 Å². The molecule has 13 heavy (non-hydrogen) atoms. The monoisotopic (exact) mass is 198 g/mol. The molecule has 0 bridgehead atoms. The fourth-order valence-corrected chi connectivity index (χ4v) is 1.53. The first-order chi connectivity index (χ1) is 6.24. The Morgan fingerprint density at radius 2 is 2.08 bits per heavy atom. The summed E-state index contributed by atoms with van der Waals surface area (Å²) >= 11 is 6.01. The Morgan fingerprint density at radius 3 is 2.69 bits per heavy atom. The van der Waals surface area contributed by atoms with Crippen molar-refractivity contribution in [2.75, 3.05) is 6.61 Å². The summed E-state index contributed by atoms with van der Waals surface area (Å²) in [6, 6.07) is 7.89. The smallest absolute Gasteiger partial charge is 0.0587 e. The fourth-order valence-electron chi connectivity index (χ4n) is 1.32. The van der Waals surface area contributed by atoms with Gasteiger partial charge in [-0.05, 0) is 31.9 Å². The predicted molar refractivity (Wildman–Crippen MR) is 56.2 cm³/mol. The Hall–Kier alpha value is -0.530. The Balaban J connectivity index is 2.58. The molecule has 0 saturated heterocycles. The highest BCUT2D eigenvalue weighted by Crippen LogP contribution is 2.17. The lowest BCUT2D eigenvalue weighted by atomic mass is 10.1. The van der Waals surface area contributed by atoms with E-state index >= 15 is 0 Å². The molecule has 1 aromatic carbocycles. The van der Waals surface area contributed by atoms with E-state index in [0.717, 1.165) is 23.6 Å². The van der Waals surface area contributed by atoms with E-state index in [1.54, 1.807) is 0 Å². The van der Waals surface area contributed by atoms with Gasteiger partial charge in [0.25, 0.3) is 0 Å². The van der Waals surface area contributed by atoms with Crippen LogP contribution in [0.3, 0.4) is 0 Å². The lowest BCUT2D eigenvalue weighted by Crippen LogP contribution is -2.11. The van der Waals surface area contributed by atoms with Gasteiger partial charge in [-0.25, -0.2) is 0 Å². The van der Waals surface area contributed by atoms with Gasteiger partial charge in [-0.2, -0.15) is 0 Å². The first kappa shape index (κ1) is 10.6. The minimum absolute atomic E-state index is 0.241. The van der Waals surface area contributed by atoms with Crippen LogP contribution in [0.1, 0.15) is 19.4 Å². The van der Waals surface area contributed by atoms with Gasteiger partial charge in [0.05, 0.1) is 6.10 Å². The van der Waals surface area contributed by atoms with Crippen molar-refractivity contribution in [1.29, 1.82) is 0 Å². The molecular weight excluding hydrogens is 184 g/mol.